The summed E-state index contributed by atoms with van der Waals surface area (Å²) >= 11 is 0. The van der Waals surface area contributed by atoms with Crippen LogP contribution in [-0.2, 0) is 14.3 Å². The number of esters is 1. The summed E-state index contributed by atoms with van der Waals surface area (Å²) in [5.74, 6) is 0.449. The number of amides is 1. The summed E-state index contributed by atoms with van der Waals surface area (Å²) in [7, 11) is 3.00. The van der Waals surface area contributed by atoms with E-state index in [9.17, 15) is 9.59 Å². The van der Waals surface area contributed by atoms with Gasteiger partial charge in [0.15, 0.2) is 0 Å². The van der Waals surface area contributed by atoms with Gasteiger partial charge in [0.25, 0.3) is 0 Å². The molecule has 120 valence electrons. The molecule has 0 unspecified atom stereocenters. The number of hydrogen-bond acceptors (Lipinski definition) is 5. The van der Waals surface area contributed by atoms with E-state index in [1.165, 1.54) is 7.11 Å². The third-order valence-electron chi connectivity index (χ3n) is 3.84. The molecule has 1 N–H and O–H groups in total. The van der Waals surface area contributed by atoms with Crippen LogP contribution in [0.2, 0.25) is 0 Å². The molecule has 6 heteroatoms. The minimum atomic E-state index is -0.152. The number of methoxy groups -OCH3 is 2. The summed E-state index contributed by atoms with van der Waals surface area (Å²) in [6, 6.07) is 7.26. The second kappa shape index (κ2) is 7.79. The van der Waals surface area contributed by atoms with Crippen LogP contribution >= 0.6 is 0 Å². The van der Waals surface area contributed by atoms with Gasteiger partial charge in [0, 0.05) is 11.8 Å². The van der Waals surface area contributed by atoms with E-state index in [0.717, 1.165) is 25.9 Å². The largest absolute Gasteiger partial charge is 0.497 e. The third kappa shape index (κ3) is 4.46. The molecule has 1 fully saturated rings. The number of rotatable bonds is 5. The van der Waals surface area contributed by atoms with Crippen molar-refractivity contribution < 1.29 is 19.1 Å². The first-order valence-corrected chi connectivity index (χ1v) is 7.36. The monoisotopic (exact) mass is 306 g/mol. The number of ether oxygens (including phenoxy) is 2. The lowest BCUT2D eigenvalue weighted by Gasteiger charge is -2.29. The van der Waals surface area contributed by atoms with Gasteiger partial charge < -0.3 is 14.8 Å². The van der Waals surface area contributed by atoms with Crippen molar-refractivity contribution in [1.29, 1.82) is 0 Å². The fourth-order valence-electron chi connectivity index (χ4n) is 2.60. The van der Waals surface area contributed by atoms with Crippen LogP contribution in [0.25, 0.3) is 0 Å². The van der Waals surface area contributed by atoms with Gasteiger partial charge in [-0.2, -0.15) is 0 Å². The Hall–Kier alpha value is -2.08. The van der Waals surface area contributed by atoms with Crippen molar-refractivity contribution in [1.82, 2.24) is 4.90 Å². The Balaban J connectivity index is 1.79. The van der Waals surface area contributed by atoms with Gasteiger partial charge >= 0.3 is 5.97 Å². The van der Waals surface area contributed by atoms with Crippen LogP contribution in [0.3, 0.4) is 0 Å². The first-order chi connectivity index (χ1) is 10.6. The lowest BCUT2D eigenvalue weighted by atomic mass is 9.97. The molecule has 1 aliphatic heterocycles. The highest BCUT2D eigenvalue weighted by atomic mass is 16.5. The molecular formula is C16H22N2O4. The van der Waals surface area contributed by atoms with Crippen molar-refractivity contribution in [3.63, 3.8) is 0 Å². The molecule has 2 rings (SSSR count). The lowest BCUT2D eigenvalue weighted by molar-refractivity contribution is -0.147. The Bertz CT molecular complexity index is 525. The minimum absolute atomic E-state index is 0.0392. The first-order valence-electron chi connectivity index (χ1n) is 7.36. The zero-order valence-electron chi connectivity index (χ0n) is 13.0. The van der Waals surface area contributed by atoms with Gasteiger partial charge in [-0.1, -0.05) is 6.07 Å². The van der Waals surface area contributed by atoms with Crippen molar-refractivity contribution in [3.8, 4) is 5.75 Å². The molecular weight excluding hydrogens is 284 g/mol. The average molecular weight is 306 g/mol. The number of likely N-dealkylation sites (tertiary alicyclic amines) is 1. The second-order valence-electron chi connectivity index (χ2n) is 5.35. The Labute approximate surface area is 130 Å². The van der Waals surface area contributed by atoms with E-state index in [1.807, 2.05) is 18.2 Å². The van der Waals surface area contributed by atoms with Gasteiger partial charge in [0.2, 0.25) is 5.91 Å². The topological polar surface area (TPSA) is 67.9 Å². The van der Waals surface area contributed by atoms with Gasteiger partial charge in [-0.05, 0) is 38.1 Å². The number of piperidine rings is 1. The van der Waals surface area contributed by atoms with Gasteiger partial charge in [-0.25, -0.2) is 0 Å². The Morgan fingerprint density at radius 2 is 2.00 bits per heavy atom. The maximum absolute atomic E-state index is 12.1. The summed E-state index contributed by atoms with van der Waals surface area (Å²) in [4.78, 5) is 25.6. The molecule has 0 atom stereocenters. The molecule has 1 aliphatic rings. The van der Waals surface area contributed by atoms with Gasteiger partial charge in [0.05, 0.1) is 26.7 Å². The lowest BCUT2D eigenvalue weighted by Crippen LogP contribution is -2.41. The molecule has 1 aromatic carbocycles. The van der Waals surface area contributed by atoms with Crippen LogP contribution in [0.1, 0.15) is 12.8 Å². The summed E-state index contributed by atoms with van der Waals surface area (Å²) < 4.78 is 9.88. The van der Waals surface area contributed by atoms with Crippen molar-refractivity contribution in [3.05, 3.63) is 24.3 Å². The normalized spacial score (nSPS) is 16.1. The highest BCUT2D eigenvalue weighted by Crippen LogP contribution is 2.19. The number of hydrogen-bond donors (Lipinski definition) is 1. The van der Waals surface area contributed by atoms with E-state index in [2.05, 4.69) is 10.2 Å². The predicted octanol–water partition coefficient (Wildman–Crippen LogP) is 1.52. The van der Waals surface area contributed by atoms with Crippen LogP contribution in [0.15, 0.2) is 24.3 Å². The smallest absolute Gasteiger partial charge is 0.308 e. The molecule has 1 heterocycles. The summed E-state index contributed by atoms with van der Waals surface area (Å²) in [5.41, 5.74) is 0.716. The number of nitrogens with zero attached hydrogens (tertiary/aromatic N) is 1. The van der Waals surface area contributed by atoms with Crippen molar-refractivity contribution >= 4 is 17.6 Å². The molecule has 22 heavy (non-hydrogen) atoms. The number of anilines is 1. The van der Waals surface area contributed by atoms with Crippen molar-refractivity contribution in [2.45, 2.75) is 12.8 Å². The van der Waals surface area contributed by atoms with Crippen LogP contribution < -0.4 is 10.1 Å². The van der Waals surface area contributed by atoms with E-state index in [4.69, 9.17) is 9.47 Å². The van der Waals surface area contributed by atoms with Crippen LogP contribution in [0.4, 0.5) is 5.69 Å². The fraction of sp³-hybridized carbons (Fsp3) is 0.500. The zero-order valence-corrected chi connectivity index (χ0v) is 13.0. The highest BCUT2D eigenvalue weighted by molar-refractivity contribution is 5.92. The van der Waals surface area contributed by atoms with Crippen molar-refractivity contribution in [2.75, 3.05) is 39.2 Å². The van der Waals surface area contributed by atoms with Crippen LogP contribution in [0, 0.1) is 5.92 Å². The van der Waals surface area contributed by atoms with Crippen molar-refractivity contribution in [2.24, 2.45) is 5.92 Å². The van der Waals surface area contributed by atoms with E-state index >= 15 is 0 Å². The van der Waals surface area contributed by atoms with Crippen LogP contribution in [0.5, 0.6) is 5.75 Å². The van der Waals surface area contributed by atoms with E-state index in [-0.39, 0.29) is 17.8 Å². The van der Waals surface area contributed by atoms with Gasteiger partial charge in [0.1, 0.15) is 5.75 Å². The Morgan fingerprint density at radius 3 is 2.64 bits per heavy atom. The summed E-state index contributed by atoms with van der Waals surface area (Å²) in [5, 5.41) is 2.86. The van der Waals surface area contributed by atoms with E-state index < -0.39 is 0 Å². The number of carbonyl (C=O) groups is 2. The van der Waals surface area contributed by atoms with Gasteiger partial charge in [-0.15, -0.1) is 0 Å². The Kier molecular flexibility index (Phi) is 5.77. The molecule has 6 nitrogen and oxygen atoms in total. The molecule has 0 spiro atoms. The Morgan fingerprint density at radius 1 is 1.27 bits per heavy atom. The summed E-state index contributed by atoms with van der Waals surface area (Å²) in [6.45, 7) is 1.78. The van der Waals surface area contributed by atoms with E-state index in [1.54, 1.807) is 13.2 Å². The maximum Gasteiger partial charge on any atom is 0.308 e. The third-order valence-corrected chi connectivity index (χ3v) is 3.84. The van der Waals surface area contributed by atoms with E-state index in [0.29, 0.717) is 18.0 Å². The SMILES string of the molecule is COC(=O)C1CCN(CC(=O)Nc2cccc(OC)c2)CC1. The number of carbonyl (C=O) groups excluding carboxylic acids is 2. The fourth-order valence-corrected chi connectivity index (χ4v) is 2.60. The predicted molar refractivity (Wildman–Crippen MR) is 82.8 cm³/mol. The molecule has 0 aliphatic carbocycles. The van der Waals surface area contributed by atoms with Gasteiger partial charge in [-0.3, -0.25) is 14.5 Å². The first kappa shape index (κ1) is 16.3. The summed E-state index contributed by atoms with van der Waals surface area (Å²) in [6.07, 6.45) is 1.47. The molecule has 0 saturated carbocycles. The maximum atomic E-state index is 12.1. The highest BCUT2D eigenvalue weighted by Gasteiger charge is 2.26. The molecule has 0 bridgehead atoms. The quantitative estimate of drug-likeness (QED) is 0.835. The minimum Gasteiger partial charge on any atom is -0.497 e. The molecule has 1 saturated heterocycles. The molecule has 0 aromatic heterocycles. The average Bonchev–Trinajstić information content (AvgIpc) is 2.55. The number of nitrogens with one attached hydrogen (secondary N) is 1. The molecule has 1 amide bonds. The zero-order chi connectivity index (χ0) is 15.9. The number of benzene rings is 1. The standard InChI is InChI=1S/C16H22N2O4/c1-21-14-5-3-4-13(10-14)17-15(19)11-18-8-6-12(7-9-18)16(20)22-2/h3-5,10,12H,6-9,11H2,1-2H3,(H,17,19). The second-order valence-corrected chi connectivity index (χ2v) is 5.35. The molecule has 1 aromatic rings. The van der Waals surface area contributed by atoms with Crippen LogP contribution in [-0.4, -0.2) is 50.6 Å². The molecule has 0 radical (unpaired) electrons.